The van der Waals surface area contributed by atoms with Crippen LogP contribution in [0.2, 0.25) is 10.0 Å². The topological polar surface area (TPSA) is 43.1 Å². The first-order chi connectivity index (χ1) is 7.02. The van der Waals surface area contributed by atoms with Gasteiger partial charge in [-0.25, -0.2) is 0 Å². The number of halogens is 2. The van der Waals surface area contributed by atoms with E-state index in [0.29, 0.717) is 15.8 Å². The zero-order valence-electron chi connectivity index (χ0n) is 7.94. The van der Waals surface area contributed by atoms with Crippen LogP contribution >= 0.6 is 35.0 Å². The fourth-order valence-electron chi connectivity index (χ4n) is 0.867. The van der Waals surface area contributed by atoms with E-state index in [1.165, 1.54) is 11.8 Å². The number of benzene rings is 1. The molecule has 0 spiro atoms. The van der Waals surface area contributed by atoms with E-state index < -0.39 is 6.04 Å². The van der Waals surface area contributed by atoms with Crippen molar-refractivity contribution in [2.45, 2.75) is 17.9 Å². The fourth-order valence-corrected chi connectivity index (χ4v) is 2.34. The van der Waals surface area contributed by atoms with Crippen molar-refractivity contribution in [2.75, 3.05) is 5.75 Å². The van der Waals surface area contributed by atoms with Crippen molar-refractivity contribution in [1.82, 2.24) is 0 Å². The van der Waals surface area contributed by atoms with E-state index in [4.69, 9.17) is 23.2 Å². The van der Waals surface area contributed by atoms with Gasteiger partial charge in [-0.1, -0.05) is 29.3 Å². The minimum absolute atomic E-state index is 0.314. The van der Waals surface area contributed by atoms with E-state index in [2.05, 4.69) is 0 Å². The van der Waals surface area contributed by atoms with Gasteiger partial charge in [0.15, 0.2) is 0 Å². The van der Waals surface area contributed by atoms with Crippen molar-refractivity contribution in [2.24, 2.45) is 0 Å². The van der Waals surface area contributed by atoms with E-state index >= 15 is 0 Å². The number of nitrogens with zero attached hydrogens (tertiary/aromatic N) is 1. The number of hydrogen-bond donors (Lipinski definition) is 0. The predicted octanol–water partition coefficient (Wildman–Crippen LogP) is 3.75. The molecule has 0 aliphatic rings. The van der Waals surface area contributed by atoms with E-state index in [1.54, 1.807) is 25.1 Å². The van der Waals surface area contributed by atoms with Crippen molar-refractivity contribution in [3.05, 3.63) is 38.4 Å². The number of thioether (sulfide) groups is 1. The molecule has 0 fully saturated rings. The average molecular weight is 266 g/mol. The second-order valence-electron chi connectivity index (χ2n) is 3.00. The third kappa shape index (κ3) is 3.55. The van der Waals surface area contributed by atoms with Crippen molar-refractivity contribution in [3.63, 3.8) is 0 Å². The lowest BCUT2D eigenvalue weighted by Gasteiger charge is -2.06. The Morgan fingerprint density at radius 1 is 1.53 bits per heavy atom. The summed E-state index contributed by atoms with van der Waals surface area (Å²) in [5, 5.41) is 11.3. The Labute approximate surface area is 102 Å². The molecule has 1 aromatic carbocycles. The van der Waals surface area contributed by atoms with Crippen LogP contribution in [0.5, 0.6) is 0 Å². The molecular weight excluding hydrogens is 257 g/mol. The highest BCUT2D eigenvalue weighted by Gasteiger charge is 2.14. The lowest BCUT2D eigenvalue weighted by atomic mass is 10.4. The molecule has 0 amide bonds. The quantitative estimate of drug-likeness (QED) is 0.473. The third-order valence-electron chi connectivity index (χ3n) is 1.76. The number of nitro groups is 1. The largest absolute Gasteiger partial charge is 0.264 e. The molecule has 1 aromatic rings. The third-order valence-corrected chi connectivity index (χ3v) is 3.99. The summed E-state index contributed by atoms with van der Waals surface area (Å²) >= 11 is 13.1. The SMILES string of the molecule is CC(CSc1cccc(Cl)c1Cl)[N+](=O)[O-]. The van der Waals surface area contributed by atoms with Gasteiger partial charge in [0.1, 0.15) is 0 Å². The van der Waals surface area contributed by atoms with Crippen LogP contribution in [0.15, 0.2) is 23.1 Å². The fraction of sp³-hybridized carbons (Fsp3) is 0.333. The Morgan fingerprint density at radius 2 is 2.20 bits per heavy atom. The maximum absolute atomic E-state index is 10.4. The van der Waals surface area contributed by atoms with Gasteiger partial charge in [-0.15, -0.1) is 11.8 Å². The van der Waals surface area contributed by atoms with Crippen LogP contribution in [0.4, 0.5) is 0 Å². The molecule has 3 nitrogen and oxygen atoms in total. The first-order valence-corrected chi connectivity index (χ1v) is 5.97. The van der Waals surface area contributed by atoms with Crippen LogP contribution in [0, 0.1) is 10.1 Å². The number of rotatable bonds is 4. The van der Waals surface area contributed by atoms with Crippen molar-refractivity contribution in [1.29, 1.82) is 0 Å². The predicted molar refractivity (Wildman–Crippen MR) is 63.6 cm³/mol. The molecule has 0 aromatic heterocycles. The van der Waals surface area contributed by atoms with Gasteiger partial charge < -0.3 is 0 Å². The number of hydrogen-bond acceptors (Lipinski definition) is 3. The van der Waals surface area contributed by atoms with Gasteiger partial charge in [-0.05, 0) is 12.1 Å². The molecule has 0 heterocycles. The molecule has 1 atom stereocenters. The smallest absolute Gasteiger partial charge is 0.219 e. The van der Waals surface area contributed by atoms with Gasteiger partial charge in [0.2, 0.25) is 6.04 Å². The molecule has 0 saturated heterocycles. The Hall–Kier alpha value is -0.450. The maximum atomic E-state index is 10.4. The Morgan fingerprint density at radius 3 is 2.80 bits per heavy atom. The molecule has 1 rings (SSSR count). The minimum atomic E-state index is -0.593. The molecular formula is C9H9Cl2NO2S. The highest BCUT2D eigenvalue weighted by atomic mass is 35.5. The zero-order chi connectivity index (χ0) is 11.4. The molecule has 0 bridgehead atoms. The molecule has 82 valence electrons. The first-order valence-electron chi connectivity index (χ1n) is 4.22. The van der Waals surface area contributed by atoms with Gasteiger partial charge in [0.25, 0.3) is 0 Å². The Balaban J connectivity index is 2.66. The lowest BCUT2D eigenvalue weighted by molar-refractivity contribution is -0.511. The standard InChI is InChI=1S/C9H9Cl2NO2S/c1-6(12(13)14)5-15-8-4-2-3-7(10)9(8)11/h2-4,6H,5H2,1H3. The van der Waals surface area contributed by atoms with Crippen LogP contribution in [-0.4, -0.2) is 16.7 Å². The van der Waals surface area contributed by atoms with Gasteiger partial charge in [-0.2, -0.15) is 0 Å². The highest BCUT2D eigenvalue weighted by Crippen LogP contribution is 2.33. The van der Waals surface area contributed by atoms with Crippen LogP contribution in [0.25, 0.3) is 0 Å². The van der Waals surface area contributed by atoms with Crippen molar-refractivity contribution in [3.8, 4) is 0 Å². The van der Waals surface area contributed by atoms with Crippen molar-refractivity contribution < 1.29 is 4.92 Å². The van der Waals surface area contributed by atoms with Gasteiger partial charge >= 0.3 is 0 Å². The molecule has 1 unspecified atom stereocenters. The summed E-state index contributed by atoms with van der Waals surface area (Å²) in [6, 6.07) is 4.66. The van der Waals surface area contributed by atoms with Crippen LogP contribution in [0.1, 0.15) is 6.92 Å². The Kier molecular flexibility index (Phi) is 4.70. The highest BCUT2D eigenvalue weighted by molar-refractivity contribution is 7.99. The molecule has 6 heteroatoms. The van der Waals surface area contributed by atoms with Gasteiger partial charge in [-0.3, -0.25) is 10.1 Å². The summed E-state index contributed by atoms with van der Waals surface area (Å²) in [5.74, 6) is 0.382. The van der Waals surface area contributed by atoms with E-state index in [0.717, 1.165) is 4.90 Å². The molecule has 0 aliphatic carbocycles. The maximum Gasteiger partial charge on any atom is 0.219 e. The van der Waals surface area contributed by atoms with Crippen LogP contribution in [-0.2, 0) is 0 Å². The molecule has 0 aliphatic heterocycles. The summed E-state index contributed by atoms with van der Waals surface area (Å²) in [6.45, 7) is 1.56. The van der Waals surface area contributed by atoms with Gasteiger partial charge in [0.05, 0.1) is 15.8 Å². The summed E-state index contributed by atoms with van der Waals surface area (Å²) in [5.41, 5.74) is 0. The Bertz CT molecular complexity index is 373. The monoisotopic (exact) mass is 265 g/mol. The van der Waals surface area contributed by atoms with Gasteiger partial charge in [0, 0.05) is 16.7 Å². The van der Waals surface area contributed by atoms with E-state index in [-0.39, 0.29) is 4.92 Å². The van der Waals surface area contributed by atoms with E-state index in [9.17, 15) is 10.1 Å². The average Bonchev–Trinajstić information content (AvgIpc) is 2.19. The van der Waals surface area contributed by atoms with E-state index in [1.807, 2.05) is 0 Å². The molecule has 0 saturated carbocycles. The summed E-state index contributed by atoms with van der Waals surface area (Å²) in [7, 11) is 0. The molecule has 0 radical (unpaired) electrons. The lowest BCUT2D eigenvalue weighted by Crippen LogP contribution is -2.17. The first kappa shape index (κ1) is 12.6. The minimum Gasteiger partial charge on any atom is -0.264 e. The van der Waals surface area contributed by atoms with Crippen LogP contribution < -0.4 is 0 Å². The second kappa shape index (κ2) is 5.58. The molecule has 15 heavy (non-hydrogen) atoms. The second-order valence-corrected chi connectivity index (χ2v) is 4.84. The molecule has 0 N–H and O–H groups in total. The summed E-state index contributed by atoms with van der Waals surface area (Å²) in [6.07, 6.45) is 0. The van der Waals surface area contributed by atoms with Crippen molar-refractivity contribution >= 4 is 35.0 Å². The normalized spacial score (nSPS) is 12.5. The van der Waals surface area contributed by atoms with Crippen LogP contribution in [0.3, 0.4) is 0 Å². The summed E-state index contributed by atoms with van der Waals surface area (Å²) in [4.78, 5) is 10.9. The summed E-state index contributed by atoms with van der Waals surface area (Å²) < 4.78 is 0. The zero-order valence-corrected chi connectivity index (χ0v) is 10.3.